The number of hydrogen-bond acceptors (Lipinski definition) is 1. The fourth-order valence-corrected chi connectivity index (χ4v) is 2.65. The minimum Gasteiger partial charge on any atom is -0.281 e. The Morgan fingerprint density at radius 1 is 1.31 bits per heavy atom. The van der Waals surface area contributed by atoms with Gasteiger partial charge in [0.1, 0.15) is 0 Å². The summed E-state index contributed by atoms with van der Waals surface area (Å²) in [6, 6.07) is 6.63. The van der Waals surface area contributed by atoms with Crippen LogP contribution in [0.4, 0.5) is 0 Å². The summed E-state index contributed by atoms with van der Waals surface area (Å²) in [5.41, 5.74) is 4.20. The van der Waals surface area contributed by atoms with E-state index >= 15 is 0 Å². The van der Waals surface area contributed by atoms with Crippen molar-refractivity contribution in [3.63, 3.8) is 0 Å². The fraction of sp³-hybridized carbons (Fsp3) is 0.500. The van der Waals surface area contributed by atoms with Gasteiger partial charge in [0, 0.05) is 6.42 Å². The number of hydrogen-bond donors (Lipinski definition) is 0. The van der Waals surface area contributed by atoms with Crippen LogP contribution in [0.5, 0.6) is 0 Å². The van der Waals surface area contributed by atoms with Gasteiger partial charge in [-0.15, -0.1) is 0 Å². The highest BCUT2D eigenvalue weighted by Crippen LogP contribution is 2.27. The number of carbonyl (C=O) groups is 1. The number of carbonyl (C=O) groups excluding carboxylic acids is 1. The topological polar surface area (TPSA) is 17.1 Å². The Balaban J connectivity index is 2.19. The van der Waals surface area contributed by atoms with Gasteiger partial charge in [-0.3, -0.25) is 4.79 Å². The predicted octanol–water partition coefficient (Wildman–Crippen LogP) is 3.82. The molecule has 0 aliphatic heterocycles. The Hall–Kier alpha value is -0.820. The number of rotatable bonds is 3. The van der Waals surface area contributed by atoms with Gasteiger partial charge < -0.3 is 0 Å². The Morgan fingerprint density at radius 3 is 2.69 bits per heavy atom. The van der Waals surface area contributed by atoms with Crippen LogP contribution in [0.3, 0.4) is 0 Å². The van der Waals surface area contributed by atoms with Crippen LogP contribution in [0.2, 0.25) is 0 Å². The van der Waals surface area contributed by atoms with E-state index in [1.165, 1.54) is 42.4 Å². The van der Waals surface area contributed by atoms with E-state index in [2.05, 4.69) is 25.1 Å². The van der Waals surface area contributed by atoms with E-state index in [0.29, 0.717) is 6.42 Å². The molecule has 1 atom stereocenters. The first-order valence-electron chi connectivity index (χ1n) is 5.97. The summed E-state index contributed by atoms with van der Waals surface area (Å²) in [6.07, 6.45) is 5.42. The van der Waals surface area contributed by atoms with Crippen molar-refractivity contribution in [3.05, 3.63) is 34.9 Å². The molecule has 0 amide bonds. The van der Waals surface area contributed by atoms with Crippen molar-refractivity contribution in [3.8, 4) is 0 Å². The maximum Gasteiger partial charge on any atom is 0.222 e. The number of fused-ring (bicyclic) bond motifs is 1. The molecule has 2 heteroatoms. The quantitative estimate of drug-likeness (QED) is 0.730. The maximum absolute atomic E-state index is 10.9. The van der Waals surface area contributed by atoms with Crippen LogP contribution in [0.1, 0.15) is 48.8 Å². The summed E-state index contributed by atoms with van der Waals surface area (Å²) < 4.78 is 0. The highest BCUT2D eigenvalue weighted by Gasteiger charge is 2.13. The van der Waals surface area contributed by atoms with E-state index in [-0.39, 0.29) is 11.2 Å². The molecular formula is C14H17ClO. The second kappa shape index (κ2) is 5.01. The molecule has 0 spiro atoms. The standard InChI is InChI=1S/C14H17ClO/c1-10(8-14(15)16)12-7-6-11-4-2-3-5-13(11)9-12/h6-7,9-10H,2-5,8H2,1H3. The zero-order valence-electron chi connectivity index (χ0n) is 9.63. The third kappa shape index (κ3) is 2.65. The predicted molar refractivity (Wildman–Crippen MR) is 67.0 cm³/mol. The van der Waals surface area contributed by atoms with Crippen LogP contribution in [-0.4, -0.2) is 5.24 Å². The molecule has 1 aromatic rings. The van der Waals surface area contributed by atoms with Gasteiger partial charge in [-0.25, -0.2) is 0 Å². The smallest absolute Gasteiger partial charge is 0.222 e. The van der Waals surface area contributed by atoms with Crippen LogP contribution < -0.4 is 0 Å². The third-order valence-electron chi connectivity index (χ3n) is 3.41. The fourth-order valence-electron chi connectivity index (χ4n) is 2.42. The molecular weight excluding hydrogens is 220 g/mol. The van der Waals surface area contributed by atoms with Crippen molar-refractivity contribution >= 4 is 16.8 Å². The first-order valence-corrected chi connectivity index (χ1v) is 6.34. The van der Waals surface area contributed by atoms with E-state index in [0.717, 1.165) is 0 Å². The summed E-state index contributed by atoms with van der Waals surface area (Å²) >= 11 is 5.43. The van der Waals surface area contributed by atoms with Gasteiger partial charge in [0.15, 0.2) is 0 Å². The molecule has 16 heavy (non-hydrogen) atoms. The first kappa shape index (κ1) is 11.7. The molecule has 0 fully saturated rings. The lowest BCUT2D eigenvalue weighted by atomic mass is 9.87. The zero-order valence-corrected chi connectivity index (χ0v) is 10.4. The summed E-state index contributed by atoms with van der Waals surface area (Å²) in [4.78, 5) is 10.9. The first-order chi connectivity index (χ1) is 7.66. The van der Waals surface area contributed by atoms with Crippen molar-refractivity contribution in [2.75, 3.05) is 0 Å². The lowest BCUT2D eigenvalue weighted by Crippen LogP contribution is -2.05. The lowest BCUT2D eigenvalue weighted by Gasteiger charge is -2.18. The maximum atomic E-state index is 10.9. The molecule has 1 aromatic carbocycles. The molecule has 1 unspecified atom stereocenters. The summed E-state index contributed by atoms with van der Waals surface area (Å²) in [7, 11) is 0. The molecule has 0 bridgehead atoms. The van der Waals surface area contributed by atoms with Crippen LogP contribution in [0.15, 0.2) is 18.2 Å². The highest BCUT2D eigenvalue weighted by molar-refractivity contribution is 6.63. The Labute approximate surface area is 102 Å². The Morgan fingerprint density at radius 2 is 2.00 bits per heavy atom. The van der Waals surface area contributed by atoms with Gasteiger partial charge in [0.25, 0.3) is 0 Å². The van der Waals surface area contributed by atoms with E-state index in [1.807, 2.05) is 0 Å². The molecule has 1 aliphatic carbocycles. The molecule has 0 radical (unpaired) electrons. The summed E-state index contributed by atoms with van der Waals surface area (Å²) in [5, 5.41) is -0.245. The number of halogens is 1. The van der Waals surface area contributed by atoms with Gasteiger partial charge in [0.05, 0.1) is 0 Å². The Kier molecular flexibility index (Phi) is 3.65. The molecule has 86 valence electrons. The monoisotopic (exact) mass is 236 g/mol. The average molecular weight is 237 g/mol. The summed E-state index contributed by atoms with van der Waals surface area (Å²) in [5.74, 6) is 0.234. The van der Waals surface area contributed by atoms with Crippen LogP contribution >= 0.6 is 11.6 Å². The van der Waals surface area contributed by atoms with E-state index in [1.54, 1.807) is 0 Å². The SMILES string of the molecule is CC(CC(=O)Cl)c1ccc2c(c1)CCCC2. The molecule has 0 heterocycles. The largest absolute Gasteiger partial charge is 0.281 e. The van der Waals surface area contributed by atoms with Crippen LogP contribution in [0.25, 0.3) is 0 Å². The molecule has 0 saturated carbocycles. The average Bonchev–Trinajstić information content (AvgIpc) is 2.27. The van der Waals surface area contributed by atoms with Crippen LogP contribution in [0, 0.1) is 0 Å². The van der Waals surface area contributed by atoms with Crippen molar-refractivity contribution in [1.82, 2.24) is 0 Å². The highest BCUT2D eigenvalue weighted by atomic mass is 35.5. The van der Waals surface area contributed by atoms with E-state index in [4.69, 9.17) is 11.6 Å². The lowest BCUT2D eigenvalue weighted by molar-refractivity contribution is -0.111. The Bertz CT molecular complexity index is 398. The van der Waals surface area contributed by atoms with Gasteiger partial charge in [0.2, 0.25) is 5.24 Å². The molecule has 0 aromatic heterocycles. The minimum atomic E-state index is -0.245. The minimum absolute atomic E-state index is 0.234. The molecule has 1 aliphatic rings. The van der Waals surface area contributed by atoms with Crippen molar-refractivity contribution in [2.45, 2.75) is 44.9 Å². The number of aryl methyl sites for hydroxylation is 2. The van der Waals surface area contributed by atoms with Gasteiger partial charge in [-0.1, -0.05) is 25.1 Å². The zero-order chi connectivity index (χ0) is 11.5. The molecule has 0 N–H and O–H groups in total. The van der Waals surface area contributed by atoms with Gasteiger partial charge in [-0.05, 0) is 59.9 Å². The normalized spacial score (nSPS) is 16.6. The summed E-state index contributed by atoms with van der Waals surface area (Å²) in [6.45, 7) is 2.06. The van der Waals surface area contributed by atoms with E-state index < -0.39 is 0 Å². The van der Waals surface area contributed by atoms with Gasteiger partial charge >= 0.3 is 0 Å². The molecule has 0 saturated heterocycles. The second-order valence-electron chi connectivity index (χ2n) is 4.70. The van der Waals surface area contributed by atoms with E-state index in [9.17, 15) is 4.79 Å². The molecule has 2 rings (SSSR count). The number of benzene rings is 1. The van der Waals surface area contributed by atoms with Crippen molar-refractivity contribution in [2.24, 2.45) is 0 Å². The van der Waals surface area contributed by atoms with Gasteiger partial charge in [-0.2, -0.15) is 0 Å². The van der Waals surface area contributed by atoms with Crippen LogP contribution in [-0.2, 0) is 17.6 Å². The second-order valence-corrected chi connectivity index (χ2v) is 5.12. The van der Waals surface area contributed by atoms with Crippen molar-refractivity contribution in [1.29, 1.82) is 0 Å². The molecule has 1 nitrogen and oxygen atoms in total. The van der Waals surface area contributed by atoms with Crippen molar-refractivity contribution < 1.29 is 4.79 Å². The third-order valence-corrected chi connectivity index (χ3v) is 3.56.